The zero-order valence-corrected chi connectivity index (χ0v) is 14.2. The Morgan fingerprint density at radius 3 is 1.89 bits per heavy atom. The molecule has 0 spiro atoms. The highest BCUT2D eigenvalue weighted by Gasteiger charge is 2.87. The summed E-state index contributed by atoms with van der Waals surface area (Å²) in [6.07, 6.45) is 0.319. The van der Waals surface area contributed by atoms with Crippen molar-refractivity contribution in [1.82, 2.24) is 0 Å². The number of fused-ring (bicyclic) bond motifs is 2. The molecule has 2 aliphatic carbocycles. The van der Waals surface area contributed by atoms with E-state index in [0.29, 0.717) is 6.42 Å². The summed E-state index contributed by atoms with van der Waals surface area (Å²) in [7, 11) is 0.903. The van der Waals surface area contributed by atoms with Gasteiger partial charge < -0.3 is 9.47 Å². The lowest BCUT2D eigenvalue weighted by molar-refractivity contribution is -0.218. The summed E-state index contributed by atoms with van der Waals surface area (Å²) >= 11 is 13.1. The molecule has 0 N–H and O–H groups in total. The molecule has 0 aromatic rings. The molecule has 3 atom stereocenters. The van der Waals surface area contributed by atoms with Gasteiger partial charge in [-0.2, -0.15) is 0 Å². The summed E-state index contributed by atoms with van der Waals surface area (Å²) in [6.45, 7) is 6.28. The lowest BCUT2D eigenvalue weighted by Gasteiger charge is -2.41. The Bertz CT molecular complexity index is 457. The van der Waals surface area contributed by atoms with Crippen molar-refractivity contribution in [2.24, 2.45) is 0 Å². The third-order valence-corrected chi connectivity index (χ3v) is 8.65. The van der Waals surface area contributed by atoms with Gasteiger partial charge in [0.05, 0.1) is 8.07 Å². The Labute approximate surface area is 123 Å². The standard InChI is InChI=1S/C12H18Cl2O4Si/c1-17-12(18-2)10(13)6-7(19(3,4)5)11(12,14)9(16)8(10)15/h7H,6H2,1-5H3/t7-,10+,11-/m1/s1. The predicted molar refractivity (Wildman–Crippen MR) is 75.6 cm³/mol. The molecule has 7 heteroatoms. The van der Waals surface area contributed by atoms with E-state index in [-0.39, 0.29) is 5.54 Å². The van der Waals surface area contributed by atoms with Gasteiger partial charge in [0, 0.05) is 14.2 Å². The number of alkyl halides is 2. The third kappa shape index (κ3) is 1.43. The molecular formula is C12H18Cl2O4Si. The van der Waals surface area contributed by atoms with Crippen LogP contribution in [0.4, 0.5) is 0 Å². The van der Waals surface area contributed by atoms with Gasteiger partial charge >= 0.3 is 0 Å². The van der Waals surface area contributed by atoms with E-state index in [4.69, 9.17) is 32.7 Å². The Morgan fingerprint density at radius 2 is 1.58 bits per heavy atom. The summed E-state index contributed by atoms with van der Waals surface area (Å²) in [5.74, 6) is -2.95. The van der Waals surface area contributed by atoms with Crippen molar-refractivity contribution < 1.29 is 19.1 Å². The van der Waals surface area contributed by atoms with Crippen LogP contribution in [0.1, 0.15) is 6.42 Å². The molecule has 0 radical (unpaired) electrons. The first-order chi connectivity index (χ1) is 8.53. The van der Waals surface area contributed by atoms with Gasteiger partial charge in [0.1, 0.15) is 0 Å². The van der Waals surface area contributed by atoms with Gasteiger partial charge in [-0.15, -0.1) is 23.2 Å². The van der Waals surface area contributed by atoms with Crippen molar-refractivity contribution in [3.05, 3.63) is 0 Å². The minimum atomic E-state index is -1.84. The van der Waals surface area contributed by atoms with Gasteiger partial charge in [0.2, 0.25) is 17.4 Å². The zero-order valence-electron chi connectivity index (χ0n) is 11.7. The molecular weight excluding hydrogens is 307 g/mol. The SMILES string of the molecule is COC1(OC)[C@]2(Cl)C[C@@H]([Si](C)(C)C)[C@@]1(Cl)C(=O)C2=O. The fourth-order valence-electron chi connectivity index (χ4n) is 3.58. The second kappa shape index (κ2) is 4.04. The normalized spacial score (nSPS) is 41.1. The molecule has 4 nitrogen and oxygen atoms in total. The van der Waals surface area contributed by atoms with Crippen LogP contribution in [0.15, 0.2) is 0 Å². The maximum atomic E-state index is 12.4. The van der Waals surface area contributed by atoms with Gasteiger partial charge in [0.15, 0.2) is 9.75 Å². The highest BCUT2D eigenvalue weighted by Crippen LogP contribution is 2.69. The minimum absolute atomic E-state index is 0.177. The van der Waals surface area contributed by atoms with Crippen LogP contribution in [0.3, 0.4) is 0 Å². The van der Waals surface area contributed by atoms with Crippen LogP contribution in [-0.2, 0) is 19.1 Å². The van der Waals surface area contributed by atoms with E-state index >= 15 is 0 Å². The molecule has 2 aliphatic rings. The van der Waals surface area contributed by atoms with Crippen LogP contribution < -0.4 is 0 Å². The predicted octanol–water partition coefficient (Wildman–Crippen LogP) is 2.19. The van der Waals surface area contributed by atoms with Crippen LogP contribution in [0, 0.1) is 0 Å². The van der Waals surface area contributed by atoms with Crippen LogP contribution in [0.2, 0.25) is 25.2 Å². The summed E-state index contributed by atoms with van der Waals surface area (Å²) < 4.78 is 10.8. The molecule has 2 rings (SSSR count). The molecule has 108 valence electrons. The summed E-state index contributed by atoms with van der Waals surface area (Å²) in [4.78, 5) is 21.5. The van der Waals surface area contributed by atoms with E-state index in [1.165, 1.54) is 14.2 Å². The van der Waals surface area contributed by atoms with Crippen LogP contribution in [0.5, 0.6) is 0 Å². The molecule has 0 aromatic carbocycles. The number of hydrogen-bond donors (Lipinski definition) is 0. The van der Waals surface area contributed by atoms with Gasteiger partial charge in [-0.3, -0.25) is 9.59 Å². The van der Waals surface area contributed by atoms with Gasteiger partial charge in [-0.1, -0.05) is 19.6 Å². The van der Waals surface area contributed by atoms with E-state index in [2.05, 4.69) is 19.6 Å². The maximum Gasteiger partial charge on any atom is 0.226 e. The number of ether oxygens (including phenoxy) is 2. The molecule has 2 saturated carbocycles. The fraction of sp³-hybridized carbons (Fsp3) is 0.833. The molecule has 2 bridgehead atoms. The number of methoxy groups -OCH3 is 2. The lowest BCUT2D eigenvalue weighted by Crippen LogP contribution is -2.58. The van der Waals surface area contributed by atoms with Crippen molar-refractivity contribution in [1.29, 1.82) is 0 Å². The van der Waals surface area contributed by atoms with E-state index in [1.807, 2.05) is 0 Å². The monoisotopic (exact) mass is 324 g/mol. The van der Waals surface area contributed by atoms with E-state index in [0.717, 1.165) is 0 Å². The molecule has 0 aliphatic heterocycles. The molecule has 0 unspecified atom stereocenters. The molecule has 19 heavy (non-hydrogen) atoms. The highest BCUT2D eigenvalue weighted by atomic mass is 35.5. The molecule has 0 aromatic heterocycles. The number of ketones is 2. The molecule has 0 heterocycles. The average Bonchev–Trinajstić information content (AvgIpc) is 2.60. The first-order valence-corrected chi connectivity index (χ1v) is 10.4. The van der Waals surface area contributed by atoms with E-state index in [9.17, 15) is 9.59 Å². The third-order valence-electron chi connectivity index (χ3n) is 4.48. The smallest absolute Gasteiger partial charge is 0.226 e. The quantitative estimate of drug-likeness (QED) is 0.345. The van der Waals surface area contributed by atoms with Crippen LogP contribution in [-0.4, -0.2) is 49.4 Å². The Hall–Kier alpha value is 0.0569. The minimum Gasteiger partial charge on any atom is -0.349 e. The van der Waals surface area contributed by atoms with Gasteiger partial charge in [-0.25, -0.2) is 0 Å². The van der Waals surface area contributed by atoms with Gasteiger partial charge in [-0.05, 0) is 12.0 Å². The molecule has 0 saturated heterocycles. The van der Waals surface area contributed by atoms with Crippen molar-refractivity contribution in [3.63, 3.8) is 0 Å². The van der Waals surface area contributed by atoms with Gasteiger partial charge in [0.25, 0.3) is 0 Å². The second-order valence-corrected chi connectivity index (χ2v) is 13.0. The van der Waals surface area contributed by atoms with Crippen molar-refractivity contribution in [2.45, 2.75) is 47.1 Å². The zero-order chi connectivity index (χ0) is 14.9. The molecule has 0 amide bonds. The number of halogens is 2. The number of Topliss-reactive ketones (excluding diaryl/α,β-unsaturated/α-hetero) is 2. The number of hydrogen-bond acceptors (Lipinski definition) is 4. The highest BCUT2D eigenvalue weighted by molar-refractivity contribution is 6.82. The lowest BCUT2D eigenvalue weighted by atomic mass is 9.96. The summed E-state index contributed by atoms with van der Waals surface area (Å²) in [6, 6.07) is 0. The molecule has 2 fully saturated rings. The fourth-order valence-corrected chi connectivity index (χ4v) is 8.19. The Morgan fingerprint density at radius 1 is 1.11 bits per heavy atom. The topological polar surface area (TPSA) is 52.6 Å². The average molecular weight is 325 g/mol. The largest absolute Gasteiger partial charge is 0.349 e. The Kier molecular flexibility index (Phi) is 3.28. The van der Waals surface area contributed by atoms with E-state index in [1.54, 1.807) is 0 Å². The summed E-state index contributed by atoms with van der Waals surface area (Å²) in [5, 5.41) is 0. The van der Waals surface area contributed by atoms with E-state index < -0.39 is 35.2 Å². The van der Waals surface area contributed by atoms with Crippen molar-refractivity contribution in [3.8, 4) is 0 Å². The second-order valence-electron chi connectivity index (χ2n) is 6.32. The number of carbonyl (C=O) groups is 2. The van der Waals surface area contributed by atoms with Crippen LogP contribution >= 0.6 is 23.2 Å². The summed E-state index contributed by atoms with van der Waals surface area (Å²) in [5.41, 5.74) is -0.177. The first-order valence-electron chi connectivity index (χ1n) is 6.10. The number of rotatable bonds is 3. The Balaban J connectivity index is 2.72. The van der Waals surface area contributed by atoms with Crippen LogP contribution in [0.25, 0.3) is 0 Å². The number of carbonyl (C=O) groups excluding carboxylic acids is 2. The maximum absolute atomic E-state index is 12.4. The first kappa shape index (κ1) is 15.4. The van der Waals surface area contributed by atoms with Crippen molar-refractivity contribution >= 4 is 42.8 Å². The van der Waals surface area contributed by atoms with Crippen molar-refractivity contribution in [2.75, 3.05) is 14.2 Å².